The maximum Gasteiger partial charge on any atom is 0.115 e. The Morgan fingerprint density at radius 3 is 2.94 bits per heavy atom. The van der Waals surface area contributed by atoms with Crippen molar-refractivity contribution in [3.63, 3.8) is 0 Å². The topological polar surface area (TPSA) is 23.5 Å². The Morgan fingerprint density at radius 2 is 2.06 bits per heavy atom. The molecule has 0 aromatic heterocycles. The number of likely N-dealkylation sites (tertiary alicyclic amines) is 1. The van der Waals surface area contributed by atoms with E-state index in [0.717, 1.165) is 6.42 Å². The highest BCUT2D eigenvalue weighted by atomic mass is 16.3. The molecule has 3 rings (SSSR count). The van der Waals surface area contributed by atoms with Gasteiger partial charge < -0.3 is 5.11 Å². The fourth-order valence-corrected chi connectivity index (χ4v) is 3.69. The number of phenols is 1. The van der Waals surface area contributed by atoms with Gasteiger partial charge in [-0.25, -0.2) is 0 Å². The van der Waals surface area contributed by atoms with E-state index in [0.29, 0.717) is 17.8 Å². The normalized spacial score (nSPS) is 28.9. The molecule has 2 heteroatoms. The van der Waals surface area contributed by atoms with Crippen molar-refractivity contribution in [3.05, 3.63) is 29.3 Å². The number of benzene rings is 1. The summed E-state index contributed by atoms with van der Waals surface area (Å²) in [6.45, 7) is 3.62. The van der Waals surface area contributed by atoms with Crippen LogP contribution in [0.25, 0.3) is 0 Å². The van der Waals surface area contributed by atoms with Crippen LogP contribution in [-0.2, 0) is 6.42 Å². The number of hydrogen-bond acceptors (Lipinski definition) is 2. The lowest BCUT2D eigenvalue weighted by Gasteiger charge is -2.33. The Hall–Kier alpha value is -1.02. The van der Waals surface area contributed by atoms with Crippen molar-refractivity contribution < 1.29 is 5.11 Å². The van der Waals surface area contributed by atoms with Crippen LogP contribution >= 0.6 is 0 Å². The van der Waals surface area contributed by atoms with Gasteiger partial charge in [0.2, 0.25) is 0 Å². The smallest absolute Gasteiger partial charge is 0.115 e. The van der Waals surface area contributed by atoms with Crippen molar-refractivity contribution in [1.29, 1.82) is 0 Å². The van der Waals surface area contributed by atoms with E-state index in [2.05, 4.69) is 17.9 Å². The molecule has 2 unspecified atom stereocenters. The van der Waals surface area contributed by atoms with Crippen molar-refractivity contribution in [2.75, 3.05) is 6.54 Å². The Bertz CT molecular complexity index is 429. The monoisotopic (exact) mass is 245 g/mol. The predicted octanol–water partition coefficient (Wildman–Crippen LogP) is 3.64. The van der Waals surface area contributed by atoms with Gasteiger partial charge in [-0.3, -0.25) is 4.90 Å². The van der Waals surface area contributed by atoms with Crippen molar-refractivity contribution in [3.8, 4) is 5.75 Å². The van der Waals surface area contributed by atoms with E-state index in [1.54, 1.807) is 0 Å². The van der Waals surface area contributed by atoms with Crippen LogP contribution in [0.15, 0.2) is 18.2 Å². The quantitative estimate of drug-likeness (QED) is 0.816. The first kappa shape index (κ1) is 12.0. The highest BCUT2D eigenvalue weighted by Gasteiger charge is 2.31. The van der Waals surface area contributed by atoms with Crippen LogP contribution in [0.2, 0.25) is 0 Å². The Balaban J connectivity index is 1.86. The minimum atomic E-state index is 0.415. The second kappa shape index (κ2) is 4.93. The summed E-state index contributed by atoms with van der Waals surface area (Å²) in [7, 11) is 0. The van der Waals surface area contributed by atoms with Crippen LogP contribution < -0.4 is 0 Å². The van der Waals surface area contributed by atoms with E-state index in [4.69, 9.17) is 0 Å². The van der Waals surface area contributed by atoms with E-state index >= 15 is 0 Å². The second-order valence-electron chi connectivity index (χ2n) is 5.87. The first-order chi connectivity index (χ1) is 8.75. The summed E-state index contributed by atoms with van der Waals surface area (Å²) in [5.74, 6) is 0.415. The third-order valence-corrected chi connectivity index (χ3v) is 4.68. The van der Waals surface area contributed by atoms with Crippen LogP contribution in [0, 0.1) is 0 Å². The lowest BCUT2D eigenvalue weighted by Crippen LogP contribution is -2.35. The Kier molecular flexibility index (Phi) is 3.29. The molecule has 1 aliphatic heterocycles. The molecule has 2 atom stereocenters. The van der Waals surface area contributed by atoms with Crippen molar-refractivity contribution in [1.82, 2.24) is 4.90 Å². The van der Waals surface area contributed by atoms with Gasteiger partial charge in [-0.1, -0.05) is 18.9 Å². The van der Waals surface area contributed by atoms with E-state index in [9.17, 15) is 5.11 Å². The number of hydrogen-bond donors (Lipinski definition) is 1. The van der Waals surface area contributed by atoms with Crippen LogP contribution in [0.1, 0.15) is 56.2 Å². The van der Waals surface area contributed by atoms with Crippen LogP contribution in [0.3, 0.4) is 0 Å². The van der Waals surface area contributed by atoms with Gasteiger partial charge in [0.1, 0.15) is 5.75 Å². The third kappa shape index (κ3) is 2.14. The zero-order chi connectivity index (χ0) is 12.5. The fraction of sp³-hybridized carbons (Fsp3) is 0.625. The molecule has 1 heterocycles. The van der Waals surface area contributed by atoms with Gasteiger partial charge in [0, 0.05) is 12.1 Å². The number of phenolic OH excluding ortho intramolecular Hbond substituents is 1. The minimum absolute atomic E-state index is 0.415. The average molecular weight is 245 g/mol. The standard InChI is InChI=1S/C16H23NO/c1-12-5-3-2-4-10-17(12)16-9-6-13-11-14(18)7-8-15(13)16/h7-8,11-12,16,18H,2-6,9-10H2,1H3. The average Bonchev–Trinajstić information content (AvgIpc) is 2.64. The number of nitrogens with zero attached hydrogens (tertiary/aromatic N) is 1. The molecule has 1 aliphatic carbocycles. The second-order valence-corrected chi connectivity index (χ2v) is 5.87. The Morgan fingerprint density at radius 1 is 1.17 bits per heavy atom. The maximum absolute atomic E-state index is 9.58. The lowest BCUT2D eigenvalue weighted by atomic mass is 10.0. The SMILES string of the molecule is CC1CCCCCN1C1CCc2cc(O)ccc21. The molecule has 0 amide bonds. The fourth-order valence-electron chi connectivity index (χ4n) is 3.69. The molecule has 2 aliphatic rings. The molecule has 1 aromatic carbocycles. The molecule has 1 fully saturated rings. The molecule has 1 N–H and O–H groups in total. The van der Waals surface area contributed by atoms with Gasteiger partial charge in [0.25, 0.3) is 0 Å². The highest BCUT2D eigenvalue weighted by Crippen LogP contribution is 2.39. The number of aryl methyl sites for hydroxylation is 1. The molecule has 2 nitrogen and oxygen atoms in total. The molecule has 0 spiro atoms. The first-order valence-corrected chi connectivity index (χ1v) is 7.33. The van der Waals surface area contributed by atoms with Gasteiger partial charge in [0.05, 0.1) is 0 Å². The predicted molar refractivity (Wildman–Crippen MR) is 73.8 cm³/mol. The maximum atomic E-state index is 9.58. The molecular weight excluding hydrogens is 222 g/mol. The summed E-state index contributed by atoms with van der Waals surface area (Å²) in [6, 6.07) is 7.24. The first-order valence-electron chi connectivity index (χ1n) is 7.33. The molecule has 18 heavy (non-hydrogen) atoms. The van der Waals surface area contributed by atoms with Crippen LogP contribution in [-0.4, -0.2) is 22.6 Å². The number of rotatable bonds is 1. The van der Waals surface area contributed by atoms with Crippen LogP contribution in [0.5, 0.6) is 5.75 Å². The van der Waals surface area contributed by atoms with Crippen molar-refractivity contribution in [2.45, 2.75) is 57.5 Å². The summed E-state index contributed by atoms with van der Waals surface area (Å²) >= 11 is 0. The van der Waals surface area contributed by atoms with Gasteiger partial charge in [-0.05, 0) is 62.4 Å². The largest absolute Gasteiger partial charge is 0.508 e. The summed E-state index contributed by atoms with van der Waals surface area (Å²) in [5, 5.41) is 9.58. The summed E-state index contributed by atoms with van der Waals surface area (Å²) < 4.78 is 0. The molecule has 1 aromatic rings. The molecule has 0 radical (unpaired) electrons. The Labute approximate surface area is 110 Å². The number of fused-ring (bicyclic) bond motifs is 1. The highest BCUT2D eigenvalue weighted by molar-refractivity contribution is 5.40. The molecule has 0 bridgehead atoms. The molecular formula is C16H23NO. The van der Waals surface area contributed by atoms with Gasteiger partial charge in [-0.2, -0.15) is 0 Å². The van der Waals surface area contributed by atoms with Gasteiger partial charge in [-0.15, -0.1) is 0 Å². The zero-order valence-electron chi connectivity index (χ0n) is 11.2. The minimum Gasteiger partial charge on any atom is -0.508 e. The van der Waals surface area contributed by atoms with E-state index in [1.807, 2.05) is 12.1 Å². The third-order valence-electron chi connectivity index (χ3n) is 4.68. The zero-order valence-corrected chi connectivity index (χ0v) is 11.2. The van der Waals surface area contributed by atoms with Gasteiger partial charge in [0.15, 0.2) is 0 Å². The molecule has 98 valence electrons. The number of aromatic hydroxyl groups is 1. The summed E-state index contributed by atoms with van der Waals surface area (Å²) in [5.41, 5.74) is 2.82. The van der Waals surface area contributed by atoms with E-state index in [1.165, 1.54) is 49.8 Å². The lowest BCUT2D eigenvalue weighted by molar-refractivity contribution is 0.146. The van der Waals surface area contributed by atoms with E-state index < -0.39 is 0 Å². The summed E-state index contributed by atoms with van der Waals surface area (Å²) in [6.07, 6.45) is 7.79. The van der Waals surface area contributed by atoms with Crippen molar-refractivity contribution >= 4 is 0 Å². The molecule has 1 saturated heterocycles. The summed E-state index contributed by atoms with van der Waals surface area (Å²) in [4.78, 5) is 2.70. The van der Waals surface area contributed by atoms with Gasteiger partial charge >= 0.3 is 0 Å². The van der Waals surface area contributed by atoms with E-state index in [-0.39, 0.29) is 0 Å². The molecule has 0 saturated carbocycles. The van der Waals surface area contributed by atoms with Crippen molar-refractivity contribution in [2.24, 2.45) is 0 Å². The van der Waals surface area contributed by atoms with Crippen LogP contribution in [0.4, 0.5) is 0 Å².